The fraction of sp³-hybridized carbons (Fsp3) is 0.0833. The van der Waals surface area contributed by atoms with Crippen LogP contribution in [0.3, 0.4) is 0 Å². The molecule has 0 saturated carbocycles. The topological polar surface area (TPSA) is 90.0 Å². The summed E-state index contributed by atoms with van der Waals surface area (Å²) in [6.07, 6.45) is 1.49. The highest BCUT2D eigenvalue weighted by Crippen LogP contribution is 2.36. The van der Waals surface area contributed by atoms with E-state index in [0.29, 0.717) is 21.2 Å². The number of amides is 2. The number of rotatable bonds is 7. The summed E-state index contributed by atoms with van der Waals surface area (Å²) in [5.74, 6) is -0.366. The number of benzene rings is 3. The summed E-state index contributed by atoms with van der Waals surface area (Å²) < 4.78 is 36.0. The van der Waals surface area contributed by atoms with Crippen molar-refractivity contribution in [3.63, 3.8) is 0 Å². The maximum absolute atomic E-state index is 12.9. The normalized spacial score (nSPS) is 15.1. The van der Waals surface area contributed by atoms with Gasteiger partial charge in [0.2, 0.25) is 0 Å². The predicted molar refractivity (Wildman–Crippen MR) is 135 cm³/mol. The van der Waals surface area contributed by atoms with E-state index in [2.05, 4.69) is 0 Å². The van der Waals surface area contributed by atoms with Gasteiger partial charge < -0.3 is 8.92 Å². The van der Waals surface area contributed by atoms with Gasteiger partial charge in [-0.2, -0.15) is 8.42 Å². The van der Waals surface area contributed by atoms with Crippen LogP contribution in [0, 0.1) is 0 Å². The van der Waals surface area contributed by atoms with E-state index in [1.807, 2.05) is 0 Å². The van der Waals surface area contributed by atoms with Crippen molar-refractivity contribution in [2.45, 2.75) is 11.4 Å². The largest absolute Gasteiger partial charge is 0.493 e. The summed E-state index contributed by atoms with van der Waals surface area (Å²) in [7, 11) is -2.80. The molecule has 0 aromatic heterocycles. The first-order valence-corrected chi connectivity index (χ1v) is 13.0. The molecule has 35 heavy (non-hydrogen) atoms. The van der Waals surface area contributed by atoms with Gasteiger partial charge in [-0.05, 0) is 77.5 Å². The second-order valence-electron chi connectivity index (χ2n) is 7.30. The molecule has 3 aromatic rings. The summed E-state index contributed by atoms with van der Waals surface area (Å²) in [5.41, 5.74) is 1.16. The summed E-state index contributed by atoms with van der Waals surface area (Å²) in [6, 6.07) is 17.0. The minimum Gasteiger partial charge on any atom is -0.493 e. The van der Waals surface area contributed by atoms with Crippen LogP contribution in [-0.2, 0) is 21.5 Å². The molecule has 0 atom stereocenters. The summed E-state index contributed by atoms with van der Waals surface area (Å²) in [6.45, 7) is 0.0822. The highest BCUT2D eigenvalue weighted by molar-refractivity contribution is 8.18. The number of nitrogens with zero attached hydrogens (tertiary/aromatic N) is 1. The average molecular weight is 550 g/mol. The number of hydrogen-bond donors (Lipinski definition) is 0. The van der Waals surface area contributed by atoms with Crippen molar-refractivity contribution >= 4 is 62.3 Å². The summed E-state index contributed by atoms with van der Waals surface area (Å²) >= 11 is 12.6. The number of carbonyl (C=O) groups is 2. The Kier molecular flexibility index (Phi) is 7.42. The third-order valence-electron chi connectivity index (χ3n) is 4.89. The van der Waals surface area contributed by atoms with E-state index in [0.717, 1.165) is 16.7 Å². The molecule has 0 radical (unpaired) electrons. The zero-order chi connectivity index (χ0) is 25.2. The van der Waals surface area contributed by atoms with E-state index >= 15 is 0 Å². The third kappa shape index (κ3) is 5.82. The molecule has 0 aliphatic carbocycles. The Morgan fingerprint density at radius 1 is 0.943 bits per heavy atom. The molecule has 11 heteroatoms. The number of methoxy groups -OCH3 is 1. The maximum Gasteiger partial charge on any atom is 0.339 e. The van der Waals surface area contributed by atoms with Crippen molar-refractivity contribution in [2.75, 3.05) is 7.11 Å². The van der Waals surface area contributed by atoms with Crippen molar-refractivity contribution < 1.29 is 26.9 Å². The molecular weight excluding hydrogens is 533 g/mol. The van der Waals surface area contributed by atoms with E-state index < -0.39 is 21.3 Å². The molecule has 0 N–H and O–H groups in total. The summed E-state index contributed by atoms with van der Waals surface area (Å²) in [4.78, 5) is 26.6. The van der Waals surface area contributed by atoms with E-state index in [4.69, 9.17) is 32.1 Å². The van der Waals surface area contributed by atoms with Gasteiger partial charge in [0.1, 0.15) is 4.90 Å². The third-order valence-corrected chi connectivity index (χ3v) is 7.53. The number of hydrogen-bond acceptors (Lipinski definition) is 7. The molecule has 1 heterocycles. The zero-order valence-corrected chi connectivity index (χ0v) is 21.2. The van der Waals surface area contributed by atoms with E-state index in [-0.39, 0.29) is 27.8 Å². The highest BCUT2D eigenvalue weighted by Gasteiger charge is 2.35. The Labute approximate surface area is 216 Å². The van der Waals surface area contributed by atoms with Gasteiger partial charge >= 0.3 is 10.1 Å². The lowest BCUT2D eigenvalue weighted by atomic mass is 10.1. The Balaban J connectivity index is 1.59. The molecule has 4 rings (SSSR count). The fourth-order valence-electron chi connectivity index (χ4n) is 3.22. The minimum atomic E-state index is -4.18. The highest BCUT2D eigenvalue weighted by atomic mass is 35.5. The van der Waals surface area contributed by atoms with Gasteiger partial charge in [0.25, 0.3) is 11.1 Å². The lowest BCUT2D eigenvalue weighted by Crippen LogP contribution is -2.27. The molecule has 0 unspecified atom stereocenters. The first-order chi connectivity index (χ1) is 16.7. The molecule has 0 bridgehead atoms. The monoisotopic (exact) mass is 549 g/mol. The van der Waals surface area contributed by atoms with E-state index in [9.17, 15) is 18.0 Å². The van der Waals surface area contributed by atoms with Crippen LogP contribution < -0.4 is 8.92 Å². The number of halogens is 2. The van der Waals surface area contributed by atoms with Gasteiger partial charge in [-0.3, -0.25) is 14.5 Å². The van der Waals surface area contributed by atoms with Crippen LogP contribution in [0.4, 0.5) is 4.79 Å². The zero-order valence-electron chi connectivity index (χ0n) is 18.1. The second-order valence-corrected chi connectivity index (χ2v) is 10.7. The number of ether oxygens (including phenoxy) is 1. The lowest BCUT2D eigenvalue weighted by molar-refractivity contribution is -0.123. The van der Waals surface area contributed by atoms with Crippen molar-refractivity contribution in [3.05, 3.63) is 92.8 Å². The van der Waals surface area contributed by atoms with Crippen LogP contribution in [0.25, 0.3) is 6.08 Å². The van der Waals surface area contributed by atoms with Gasteiger partial charge in [-0.15, -0.1) is 0 Å². The van der Waals surface area contributed by atoms with Crippen molar-refractivity contribution in [2.24, 2.45) is 0 Å². The van der Waals surface area contributed by atoms with Crippen LogP contribution in [0.1, 0.15) is 11.1 Å². The van der Waals surface area contributed by atoms with Crippen LogP contribution in [0.2, 0.25) is 10.0 Å². The molecule has 2 amide bonds. The summed E-state index contributed by atoms with van der Waals surface area (Å²) in [5, 5.41) is 0.466. The van der Waals surface area contributed by atoms with Gasteiger partial charge in [0, 0.05) is 10.0 Å². The number of carbonyl (C=O) groups excluding carboxylic acids is 2. The average Bonchev–Trinajstić information content (AvgIpc) is 3.06. The van der Waals surface area contributed by atoms with Gasteiger partial charge in [0.05, 0.1) is 18.6 Å². The molecule has 1 aliphatic rings. The standard InChI is InChI=1S/C24H17Cl2NO6S2/c1-32-20-10-5-15(12-21(20)33-35(30,31)19-8-6-17(25)7-9-19)13-22-23(28)27(24(29)34-22)14-16-3-2-4-18(26)11-16/h2-13H,14H2,1H3/b22-13-. The first-order valence-electron chi connectivity index (χ1n) is 10.0. The molecule has 1 saturated heterocycles. The van der Waals surface area contributed by atoms with Gasteiger partial charge in [-0.25, -0.2) is 0 Å². The maximum atomic E-state index is 12.9. The SMILES string of the molecule is COc1ccc(/C=C2\SC(=O)N(Cc3cccc(Cl)c3)C2=O)cc1OS(=O)(=O)c1ccc(Cl)cc1. The van der Waals surface area contributed by atoms with Crippen LogP contribution in [-0.4, -0.2) is 31.6 Å². The Bertz CT molecular complexity index is 1440. The van der Waals surface area contributed by atoms with Crippen molar-refractivity contribution in [3.8, 4) is 11.5 Å². The van der Waals surface area contributed by atoms with Crippen molar-refractivity contribution in [1.29, 1.82) is 0 Å². The quantitative estimate of drug-likeness (QED) is 0.263. The second kappa shape index (κ2) is 10.3. The van der Waals surface area contributed by atoms with E-state index in [1.165, 1.54) is 49.6 Å². The molecule has 180 valence electrons. The molecule has 7 nitrogen and oxygen atoms in total. The smallest absolute Gasteiger partial charge is 0.339 e. The molecule has 3 aromatic carbocycles. The molecular formula is C24H17Cl2NO6S2. The molecule has 0 spiro atoms. The van der Waals surface area contributed by atoms with Gasteiger partial charge in [-0.1, -0.05) is 41.4 Å². The van der Waals surface area contributed by atoms with Crippen LogP contribution in [0.15, 0.2) is 76.5 Å². The van der Waals surface area contributed by atoms with Crippen molar-refractivity contribution in [1.82, 2.24) is 4.90 Å². The molecule has 1 fully saturated rings. The van der Waals surface area contributed by atoms with Crippen LogP contribution >= 0.6 is 35.0 Å². The van der Waals surface area contributed by atoms with Gasteiger partial charge in [0.15, 0.2) is 11.5 Å². The Morgan fingerprint density at radius 2 is 1.69 bits per heavy atom. The number of thioether (sulfide) groups is 1. The van der Waals surface area contributed by atoms with E-state index in [1.54, 1.807) is 30.3 Å². The lowest BCUT2D eigenvalue weighted by Gasteiger charge is -2.13. The predicted octanol–water partition coefficient (Wildman–Crippen LogP) is 6.01. The molecule has 1 aliphatic heterocycles. The Morgan fingerprint density at radius 3 is 2.37 bits per heavy atom. The Hall–Kier alpha value is -2.98. The van der Waals surface area contributed by atoms with Crippen LogP contribution in [0.5, 0.6) is 11.5 Å². The first kappa shape index (κ1) is 25.1. The number of imide groups is 1. The fourth-order valence-corrected chi connectivity index (χ4v) is 5.33. The minimum absolute atomic E-state index is 0.0747.